The number of ether oxygens (including phenoxy) is 1. The van der Waals surface area contributed by atoms with Gasteiger partial charge in [-0.15, -0.1) is 0 Å². The Bertz CT molecular complexity index is 507. The molecule has 1 atom stereocenters. The fourth-order valence-corrected chi connectivity index (χ4v) is 2.26. The molecule has 0 bridgehead atoms. The fourth-order valence-electron chi connectivity index (χ4n) is 1.81. The number of rotatable bonds is 5. The number of aromatic nitrogens is 1. The van der Waals surface area contributed by atoms with Crippen molar-refractivity contribution < 1.29 is 14.5 Å². The lowest BCUT2D eigenvalue weighted by atomic mass is 10.2. The molecule has 1 aromatic heterocycles. The molecule has 0 aromatic carbocycles. The summed E-state index contributed by atoms with van der Waals surface area (Å²) in [5.74, 6) is 0.451. The zero-order chi connectivity index (χ0) is 13.8. The van der Waals surface area contributed by atoms with Gasteiger partial charge in [0.15, 0.2) is 7.11 Å². The minimum atomic E-state index is 0.260. The van der Waals surface area contributed by atoms with Crippen molar-refractivity contribution in [3.63, 3.8) is 0 Å². The number of nitrogens with zero attached hydrogens (tertiary/aromatic N) is 2. The Balaban J connectivity index is 1.97. The summed E-state index contributed by atoms with van der Waals surface area (Å²) in [5.41, 5.74) is 1.34. The summed E-state index contributed by atoms with van der Waals surface area (Å²) in [6.45, 7) is 4.38. The molecule has 1 aromatic rings. The Labute approximate surface area is 119 Å². The van der Waals surface area contributed by atoms with Gasteiger partial charge in [-0.25, -0.2) is 9.82 Å². The molecular formula is C12H15BrN3O3+. The first-order valence-electron chi connectivity index (χ1n) is 5.84. The zero-order valence-electron chi connectivity index (χ0n) is 10.6. The predicted molar refractivity (Wildman–Crippen MR) is 73.0 cm³/mol. The lowest BCUT2D eigenvalue weighted by Gasteiger charge is -2.12. The molecule has 0 spiro atoms. The molecule has 6 nitrogen and oxygen atoms in total. The summed E-state index contributed by atoms with van der Waals surface area (Å²) in [4.78, 5) is 20.3. The van der Waals surface area contributed by atoms with Crippen molar-refractivity contribution in [2.45, 2.75) is 18.9 Å². The number of allylic oxidation sites excluding steroid dienone is 1. The summed E-state index contributed by atoms with van der Waals surface area (Å²) in [6, 6.07) is 1.86. The first-order valence-corrected chi connectivity index (χ1v) is 6.63. The normalized spacial score (nSPS) is 18.0. The Hall–Kier alpha value is -1.63. The highest BCUT2D eigenvalue weighted by Gasteiger charge is 2.20. The summed E-state index contributed by atoms with van der Waals surface area (Å²) in [6.07, 6.45) is 3.38. The summed E-state index contributed by atoms with van der Waals surface area (Å²) in [7, 11) is 1.30. The quantitative estimate of drug-likeness (QED) is 0.841. The number of pyridine rings is 1. The van der Waals surface area contributed by atoms with E-state index in [1.807, 2.05) is 0 Å². The van der Waals surface area contributed by atoms with Gasteiger partial charge >= 0.3 is 5.69 Å². The average molecular weight is 329 g/mol. The van der Waals surface area contributed by atoms with Crippen LogP contribution in [0.5, 0.6) is 5.88 Å². The molecule has 0 radical (unpaired) electrons. The molecule has 102 valence electrons. The van der Waals surface area contributed by atoms with Gasteiger partial charge in [0.05, 0.1) is 15.4 Å². The van der Waals surface area contributed by atoms with Crippen LogP contribution in [0.1, 0.15) is 12.8 Å². The van der Waals surface area contributed by atoms with Crippen LogP contribution in [0.15, 0.2) is 29.0 Å². The smallest absolute Gasteiger partial charge is 0.336 e. The molecule has 2 heterocycles. The molecule has 1 fully saturated rings. The number of hydrogen-bond acceptors (Lipinski definition) is 5. The van der Waals surface area contributed by atoms with Gasteiger partial charge in [-0.3, -0.25) is 0 Å². The van der Waals surface area contributed by atoms with Crippen LogP contribution in [0.3, 0.4) is 0 Å². The maximum Gasteiger partial charge on any atom is 0.336 e. The van der Waals surface area contributed by atoms with E-state index in [-0.39, 0.29) is 6.04 Å². The topological polar surface area (TPSA) is 63.5 Å². The van der Waals surface area contributed by atoms with Gasteiger partial charge in [0.1, 0.15) is 12.8 Å². The van der Waals surface area contributed by atoms with Gasteiger partial charge in [0.25, 0.3) is 4.92 Å². The summed E-state index contributed by atoms with van der Waals surface area (Å²) >= 11 is 3.32. The van der Waals surface area contributed by atoms with E-state index in [0.717, 1.165) is 18.5 Å². The van der Waals surface area contributed by atoms with Crippen molar-refractivity contribution in [2.24, 2.45) is 0 Å². The van der Waals surface area contributed by atoms with Crippen LogP contribution in [0.2, 0.25) is 0 Å². The van der Waals surface area contributed by atoms with E-state index < -0.39 is 0 Å². The summed E-state index contributed by atoms with van der Waals surface area (Å²) in [5, 5.41) is 3.24. The molecule has 0 unspecified atom stereocenters. The lowest BCUT2D eigenvalue weighted by Crippen LogP contribution is -2.27. The van der Waals surface area contributed by atoms with Crippen molar-refractivity contribution >= 4 is 21.6 Å². The van der Waals surface area contributed by atoms with Crippen LogP contribution >= 0.6 is 15.9 Å². The first kappa shape index (κ1) is 13.8. The monoisotopic (exact) mass is 328 g/mol. The van der Waals surface area contributed by atoms with E-state index >= 15 is 0 Å². The van der Waals surface area contributed by atoms with Gasteiger partial charge in [-0.2, -0.15) is 0 Å². The molecule has 2 rings (SSSR count). The third-order valence-electron chi connectivity index (χ3n) is 2.79. The van der Waals surface area contributed by atoms with E-state index in [4.69, 9.17) is 4.74 Å². The van der Waals surface area contributed by atoms with Crippen LogP contribution in [0.4, 0.5) is 5.69 Å². The molecule has 0 amide bonds. The van der Waals surface area contributed by atoms with E-state index in [9.17, 15) is 4.91 Å². The Morgan fingerprint density at radius 3 is 3.05 bits per heavy atom. The second kappa shape index (κ2) is 6.01. The van der Waals surface area contributed by atoms with Gasteiger partial charge in [0.2, 0.25) is 5.88 Å². The van der Waals surface area contributed by atoms with Crippen molar-refractivity contribution in [3.05, 3.63) is 33.9 Å². The van der Waals surface area contributed by atoms with E-state index in [1.54, 1.807) is 6.07 Å². The zero-order valence-corrected chi connectivity index (χ0v) is 12.1. The van der Waals surface area contributed by atoms with E-state index in [0.29, 0.717) is 27.6 Å². The largest absolute Gasteiger partial charge is 0.475 e. The van der Waals surface area contributed by atoms with Gasteiger partial charge in [-0.05, 0) is 28.8 Å². The third-order valence-corrected chi connectivity index (χ3v) is 3.36. The molecule has 1 aliphatic rings. The van der Waals surface area contributed by atoms with Crippen LogP contribution < -0.4 is 10.1 Å². The second-order valence-corrected chi connectivity index (χ2v) is 5.07. The van der Waals surface area contributed by atoms with Crippen LogP contribution in [0.25, 0.3) is 0 Å². The number of nitrogens with one attached hydrogen (secondary N) is 1. The Morgan fingerprint density at radius 2 is 2.47 bits per heavy atom. The molecule has 0 aliphatic carbocycles. The molecule has 1 N–H and O–H groups in total. The van der Waals surface area contributed by atoms with E-state index in [2.05, 4.69) is 37.6 Å². The molecule has 7 heteroatoms. The van der Waals surface area contributed by atoms with E-state index in [1.165, 1.54) is 13.3 Å². The average Bonchev–Trinajstić information content (AvgIpc) is 2.82. The minimum Gasteiger partial charge on any atom is -0.475 e. The molecule has 19 heavy (non-hydrogen) atoms. The third kappa shape index (κ3) is 3.44. The van der Waals surface area contributed by atoms with Gasteiger partial charge in [-0.1, -0.05) is 6.58 Å². The van der Waals surface area contributed by atoms with Crippen molar-refractivity contribution in [1.29, 1.82) is 0 Å². The Morgan fingerprint density at radius 1 is 1.68 bits per heavy atom. The molecule has 1 aliphatic heterocycles. The van der Waals surface area contributed by atoms with Crippen molar-refractivity contribution in [3.8, 4) is 5.88 Å². The molecular weight excluding hydrogens is 314 g/mol. The number of halogens is 1. The Kier molecular flexibility index (Phi) is 4.36. The highest BCUT2D eigenvalue weighted by atomic mass is 79.9. The molecule has 0 saturated carbocycles. The fraction of sp³-hybridized carbons (Fsp3) is 0.417. The predicted octanol–water partition coefficient (Wildman–Crippen LogP) is 2.46. The highest BCUT2D eigenvalue weighted by molar-refractivity contribution is 9.10. The van der Waals surface area contributed by atoms with Gasteiger partial charge in [0, 0.05) is 11.8 Å². The summed E-state index contributed by atoms with van der Waals surface area (Å²) < 4.78 is 6.23. The minimum absolute atomic E-state index is 0.260. The maximum absolute atomic E-state index is 11.3. The molecule has 1 saturated heterocycles. The lowest BCUT2D eigenvalue weighted by molar-refractivity contribution is -0.736. The SMILES string of the molecule is C=C1CC[C@H](COc2ncc([N+](=O)OC)cc2Br)N1. The highest BCUT2D eigenvalue weighted by Crippen LogP contribution is 2.27. The van der Waals surface area contributed by atoms with Crippen LogP contribution in [0, 0.1) is 4.91 Å². The standard InChI is InChI=1S/C12H15BrN3O3/c1-8-3-4-9(15-8)7-19-12-11(13)5-10(6-14-12)16(17)18-2/h5-6,9,15H,1,3-4,7H2,2H3/q+1/t9-/m1/s1. The van der Waals surface area contributed by atoms with Gasteiger partial charge < -0.3 is 10.1 Å². The first-order chi connectivity index (χ1) is 9.10. The van der Waals surface area contributed by atoms with Crippen molar-refractivity contribution in [1.82, 2.24) is 10.3 Å². The maximum atomic E-state index is 11.3. The second-order valence-electron chi connectivity index (χ2n) is 4.21. The van der Waals surface area contributed by atoms with Crippen molar-refractivity contribution in [2.75, 3.05) is 13.7 Å². The van der Waals surface area contributed by atoms with Crippen LogP contribution in [-0.4, -0.2) is 29.7 Å². The number of hydrogen-bond donors (Lipinski definition) is 1. The van der Waals surface area contributed by atoms with Crippen LogP contribution in [-0.2, 0) is 4.84 Å².